The quantitative estimate of drug-likeness (QED) is 0.833. The van der Waals surface area contributed by atoms with Gasteiger partial charge in [-0.25, -0.2) is 0 Å². The second-order valence-electron chi connectivity index (χ2n) is 3.51. The van der Waals surface area contributed by atoms with Crippen molar-refractivity contribution in [3.8, 4) is 0 Å². The number of carbonyl (C=O) groups excluding carboxylic acids is 1. The number of halogens is 1. The fourth-order valence-corrected chi connectivity index (χ4v) is 1.40. The van der Waals surface area contributed by atoms with Crippen LogP contribution in [0.1, 0.15) is 0 Å². The molecule has 0 unspecified atom stereocenters. The van der Waals surface area contributed by atoms with E-state index >= 15 is 0 Å². The van der Waals surface area contributed by atoms with Crippen LogP contribution in [0.15, 0.2) is 22.9 Å². The van der Waals surface area contributed by atoms with E-state index < -0.39 is 0 Å². The van der Waals surface area contributed by atoms with Crippen LogP contribution < -0.4 is 4.90 Å². The first-order valence-corrected chi connectivity index (χ1v) is 5.32. The SMILES string of the molecule is CN(C)C(=O)CN(C)c1cncc(Br)c1. The Labute approximate surface area is 98.0 Å². The summed E-state index contributed by atoms with van der Waals surface area (Å²) in [5.74, 6) is 0.0671. The third kappa shape index (κ3) is 3.51. The lowest BCUT2D eigenvalue weighted by Gasteiger charge is -2.20. The van der Waals surface area contributed by atoms with Gasteiger partial charge in [-0.2, -0.15) is 0 Å². The van der Waals surface area contributed by atoms with E-state index in [0.29, 0.717) is 6.54 Å². The predicted octanol–water partition coefficient (Wildman–Crippen LogP) is 1.37. The molecule has 0 aromatic carbocycles. The van der Waals surface area contributed by atoms with Gasteiger partial charge in [0.1, 0.15) is 0 Å². The molecule has 1 aromatic heterocycles. The Morgan fingerprint density at radius 1 is 1.40 bits per heavy atom. The predicted molar refractivity (Wildman–Crippen MR) is 63.9 cm³/mol. The van der Waals surface area contributed by atoms with Gasteiger partial charge in [0, 0.05) is 31.8 Å². The van der Waals surface area contributed by atoms with Crippen molar-refractivity contribution in [3.05, 3.63) is 22.9 Å². The number of aromatic nitrogens is 1. The molecule has 0 saturated heterocycles. The van der Waals surface area contributed by atoms with Crippen molar-refractivity contribution in [3.63, 3.8) is 0 Å². The Balaban J connectivity index is 2.69. The minimum Gasteiger partial charge on any atom is -0.364 e. The van der Waals surface area contributed by atoms with Gasteiger partial charge < -0.3 is 9.80 Å². The fraction of sp³-hybridized carbons (Fsp3) is 0.400. The second-order valence-corrected chi connectivity index (χ2v) is 4.42. The van der Waals surface area contributed by atoms with E-state index in [4.69, 9.17) is 0 Å². The maximum absolute atomic E-state index is 11.5. The molecule has 5 heteroatoms. The molecule has 1 aromatic rings. The van der Waals surface area contributed by atoms with Gasteiger partial charge in [-0.05, 0) is 22.0 Å². The second kappa shape index (κ2) is 5.11. The van der Waals surface area contributed by atoms with Crippen LogP contribution in [0.25, 0.3) is 0 Å². The van der Waals surface area contributed by atoms with E-state index in [0.717, 1.165) is 10.2 Å². The molecule has 1 rings (SSSR count). The number of pyridine rings is 1. The highest BCUT2D eigenvalue weighted by atomic mass is 79.9. The average Bonchev–Trinajstić information content (AvgIpc) is 2.17. The maximum Gasteiger partial charge on any atom is 0.241 e. The minimum absolute atomic E-state index is 0.0671. The third-order valence-corrected chi connectivity index (χ3v) is 2.44. The summed E-state index contributed by atoms with van der Waals surface area (Å²) in [6, 6.07) is 1.93. The van der Waals surface area contributed by atoms with E-state index in [2.05, 4.69) is 20.9 Å². The van der Waals surface area contributed by atoms with Gasteiger partial charge in [0.05, 0.1) is 18.4 Å². The van der Waals surface area contributed by atoms with Gasteiger partial charge in [-0.1, -0.05) is 0 Å². The first kappa shape index (κ1) is 12.0. The molecule has 0 radical (unpaired) electrons. The van der Waals surface area contributed by atoms with Crippen molar-refractivity contribution >= 4 is 27.5 Å². The fourth-order valence-electron chi connectivity index (χ4n) is 1.05. The highest BCUT2D eigenvalue weighted by Gasteiger charge is 2.09. The molecule has 15 heavy (non-hydrogen) atoms. The Kier molecular flexibility index (Phi) is 4.08. The van der Waals surface area contributed by atoms with Gasteiger partial charge in [0.15, 0.2) is 0 Å². The van der Waals surface area contributed by atoms with E-state index in [1.165, 1.54) is 0 Å². The van der Waals surface area contributed by atoms with Crippen molar-refractivity contribution < 1.29 is 4.79 Å². The Morgan fingerprint density at radius 3 is 2.60 bits per heavy atom. The molecule has 0 bridgehead atoms. The molecule has 0 aliphatic carbocycles. The Hall–Kier alpha value is -1.10. The van der Waals surface area contributed by atoms with Gasteiger partial charge >= 0.3 is 0 Å². The summed E-state index contributed by atoms with van der Waals surface area (Å²) in [5, 5.41) is 0. The van der Waals surface area contributed by atoms with E-state index in [1.54, 1.807) is 31.4 Å². The molecule has 0 N–H and O–H groups in total. The molecule has 0 atom stereocenters. The summed E-state index contributed by atoms with van der Waals surface area (Å²) >= 11 is 3.34. The lowest BCUT2D eigenvalue weighted by atomic mass is 10.3. The highest BCUT2D eigenvalue weighted by molar-refractivity contribution is 9.10. The summed E-state index contributed by atoms with van der Waals surface area (Å²) in [4.78, 5) is 18.9. The van der Waals surface area contributed by atoms with E-state index in [1.807, 2.05) is 18.0 Å². The Morgan fingerprint density at radius 2 is 2.07 bits per heavy atom. The number of likely N-dealkylation sites (N-methyl/N-ethyl adjacent to an activating group) is 2. The number of hydrogen-bond donors (Lipinski definition) is 0. The first-order chi connectivity index (χ1) is 7.00. The van der Waals surface area contributed by atoms with Crippen LogP contribution in [0.5, 0.6) is 0 Å². The standard InChI is InChI=1S/C10H14BrN3O/c1-13(2)10(15)7-14(3)9-4-8(11)5-12-6-9/h4-6H,7H2,1-3H3. The molecular formula is C10H14BrN3O. The topological polar surface area (TPSA) is 36.4 Å². The normalized spacial score (nSPS) is 9.87. The number of nitrogens with zero attached hydrogens (tertiary/aromatic N) is 3. The summed E-state index contributed by atoms with van der Waals surface area (Å²) in [6.45, 7) is 0.352. The van der Waals surface area contributed by atoms with E-state index in [-0.39, 0.29) is 5.91 Å². The molecule has 0 aliphatic heterocycles. The van der Waals surface area contributed by atoms with Crippen LogP contribution in [0.2, 0.25) is 0 Å². The third-order valence-electron chi connectivity index (χ3n) is 2.00. The zero-order chi connectivity index (χ0) is 11.4. The van der Waals surface area contributed by atoms with Crippen LogP contribution in [0.4, 0.5) is 5.69 Å². The highest BCUT2D eigenvalue weighted by Crippen LogP contribution is 2.16. The molecule has 0 spiro atoms. The van der Waals surface area contributed by atoms with Crippen LogP contribution in [-0.4, -0.2) is 43.5 Å². The molecule has 0 saturated carbocycles. The molecule has 1 amide bonds. The summed E-state index contributed by atoms with van der Waals surface area (Å²) in [7, 11) is 5.36. The number of hydrogen-bond acceptors (Lipinski definition) is 3. The lowest BCUT2D eigenvalue weighted by Crippen LogP contribution is -2.34. The van der Waals surface area contributed by atoms with Gasteiger partial charge in [0.2, 0.25) is 5.91 Å². The van der Waals surface area contributed by atoms with Crippen LogP contribution in [-0.2, 0) is 4.79 Å². The average molecular weight is 272 g/mol. The number of amides is 1. The zero-order valence-electron chi connectivity index (χ0n) is 9.07. The van der Waals surface area contributed by atoms with Crippen LogP contribution >= 0.6 is 15.9 Å². The summed E-state index contributed by atoms with van der Waals surface area (Å²) < 4.78 is 0.907. The Bertz CT molecular complexity index is 354. The van der Waals surface area contributed by atoms with Crippen LogP contribution in [0.3, 0.4) is 0 Å². The summed E-state index contributed by atoms with van der Waals surface area (Å²) in [5.41, 5.74) is 0.916. The van der Waals surface area contributed by atoms with Crippen LogP contribution in [0, 0.1) is 0 Å². The summed E-state index contributed by atoms with van der Waals surface area (Å²) in [6.07, 6.45) is 3.44. The van der Waals surface area contributed by atoms with Crippen molar-refractivity contribution in [2.75, 3.05) is 32.6 Å². The first-order valence-electron chi connectivity index (χ1n) is 4.52. The molecular weight excluding hydrogens is 258 g/mol. The largest absolute Gasteiger partial charge is 0.364 e. The molecule has 1 heterocycles. The van der Waals surface area contributed by atoms with Crippen molar-refractivity contribution in [2.45, 2.75) is 0 Å². The van der Waals surface area contributed by atoms with Gasteiger partial charge in [-0.3, -0.25) is 9.78 Å². The maximum atomic E-state index is 11.5. The van der Waals surface area contributed by atoms with Crippen molar-refractivity contribution in [1.82, 2.24) is 9.88 Å². The molecule has 0 aliphatic rings. The van der Waals surface area contributed by atoms with Gasteiger partial charge in [0.25, 0.3) is 0 Å². The van der Waals surface area contributed by atoms with E-state index in [9.17, 15) is 4.79 Å². The number of anilines is 1. The minimum atomic E-state index is 0.0671. The smallest absolute Gasteiger partial charge is 0.241 e. The number of carbonyl (C=O) groups is 1. The lowest BCUT2D eigenvalue weighted by molar-refractivity contribution is -0.127. The molecule has 0 fully saturated rings. The number of rotatable bonds is 3. The van der Waals surface area contributed by atoms with Crippen molar-refractivity contribution in [1.29, 1.82) is 0 Å². The zero-order valence-corrected chi connectivity index (χ0v) is 10.7. The van der Waals surface area contributed by atoms with Gasteiger partial charge in [-0.15, -0.1) is 0 Å². The van der Waals surface area contributed by atoms with Crippen molar-refractivity contribution in [2.24, 2.45) is 0 Å². The monoisotopic (exact) mass is 271 g/mol. The molecule has 82 valence electrons. The molecule has 4 nitrogen and oxygen atoms in total.